The smallest absolute Gasteiger partial charge is 0.167 e. The zero-order valence-electron chi connectivity index (χ0n) is 19.0. The minimum Gasteiger partial charge on any atom is -0.490 e. The molecular formula is C28H32O3. The Balaban J connectivity index is 1.79. The van der Waals surface area contributed by atoms with Gasteiger partial charge < -0.3 is 9.47 Å². The van der Waals surface area contributed by atoms with Crippen molar-refractivity contribution < 1.29 is 14.3 Å². The Hall–Kier alpha value is -3.07. The van der Waals surface area contributed by atoms with Gasteiger partial charge in [-0.3, -0.25) is 4.79 Å². The Morgan fingerprint density at radius 1 is 0.903 bits per heavy atom. The van der Waals surface area contributed by atoms with Crippen LogP contribution in [0.1, 0.15) is 59.8 Å². The van der Waals surface area contributed by atoms with Gasteiger partial charge in [-0.25, -0.2) is 0 Å². The second-order valence-corrected chi connectivity index (χ2v) is 8.00. The number of aryl methyl sites for hydroxylation is 2. The Labute approximate surface area is 186 Å². The summed E-state index contributed by atoms with van der Waals surface area (Å²) >= 11 is 0. The van der Waals surface area contributed by atoms with Gasteiger partial charge in [0.15, 0.2) is 5.78 Å². The van der Waals surface area contributed by atoms with Gasteiger partial charge in [-0.05, 0) is 55.5 Å². The van der Waals surface area contributed by atoms with E-state index in [4.69, 9.17) is 9.47 Å². The van der Waals surface area contributed by atoms with Crippen LogP contribution in [0.25, 0.3) is 0 Å². The van der Waals surface area contributed by atoms with Crippen molar-refractivity contribution in [2.24, 2.45) is 0 Å². The second kappa shape index (κ2) is 10.8. The van der Waals surface area contributed by atoms with Gasteiger partial charge in [-0.1, -0.05) is 68.4 Å². The number of carbonyl (C=O) groups is 1. The summed E-state index contributed by atoms with van der Waals surface area (Å²) in [4.78, 5) is 13.1. The fraction of sp³-hybridized carbons (Fsp3) is 0.321. The molecule has 3 nitrogen and oxygen atoms in total. The average Bonchev–Trinajstić information content (AvgIpc) is 2.79. The zero-order valence-corrected chi connectivity index (χ0v) is 19.0. The summed E-state index contributed by atoms with van der Waals surface area (Å²) in [6.45, 7) is 8.76. The summed E-state index contributed by atoms with van der Waals surface area (Å²) in [6.07, 6.45) is 2.18. The van der Waals surface area contributed by atoms with Crippen LogP contribution in [0.2, 0.25) is 0 Å². The van der Waals surface area contributed by atoms with Crippen molar-refractivity contribution >= 4 is 5.78 Å². The Bertz CT molecular complexity index is 1010. The van der Waals surface area contributed by atoms with E-state index in [1.807, 2.05) is 80.6 Å². The van der Waals surface area contributed by atoms with Gasteiger partial charge in [-0.2, -0.15) is 0 Å². The fourth-order valence-corrected chi connectivity index (χ4v) is 3.38. The molecule has 0 heterocycles. The second-order valence-electron chi connectivity index (χ2n) is 8.00. The lowest BCUT2D eigenvalue weighted by atomic mass is 9.99. The van der Waals surface area contributed by atoms with Gasteiger partial charge in [0.05, 0.1) is 6.10 Å². The van der Waals surface area contributed by atoms with E-state index in [-0.39, 0.29) is 11.9 Å². The van der Waals surface area contributed by atoms with E-state index in [0.717, 1.165) is 46.6 Å². The molecule has 3 aromatic rings. The van der Waals surface area contributed by atoms with Gasteiger partial charge >= 0.3 is 0 Å². The first-order valence-corrected chi connectivity index (χ1v) is 11.1. The molecule has 0 amide bonds. The largest absolute Gasteiger partial charge is 0.490 e. The van der Waals surface area contributed by atoms with Crippen LogP contribution in [0.15, 0.2) is 66.7 Å². The quantitative estimate of drug-likeness (QED) is 0.343. The Kier molecular flexibility index (Phi) is 7.88. The van der Waals surface area contributed by atoms with E-state index in [9.17, 15) is 4.79 Å². The lowest BCUT2D eigenvalue weighted by Gasteiger charge is -2.17. The van der Waals surface area contributed by atoms with Crippen molar-refractivity contribution in [2.75, 3.05) is 0 Å². The molecule has 1 atom stereocenters. The molecule has 0 aliphatic carbocycles. The number of hydrogen-bond acceptors (Lipinski definition) is 3. The summed E-state index contributed by atoms with van der Waals surface area (Å²) in [6, 6.07) is 21.9. The van der Waals surface area contributed by atoms with Crippen molar-refractivity contribution in [3.05, 3.63) is 94.5 Å². The van der Waals surface area contributed by atoms with E-state index in [1.54, 1.807) is 0 Å². The van der Waals surface area contributed by atoms with Crippen LogP contribution >= 0.6 is 0 Å². The van der Waals surface area contributed by atoms with Crippen LogP contribution in [0, 0.1) is 6.92 Å². The number of ether oxygens (including phenoxy) is 2. The minimum atomic E-state index is 0.0602. The minimum absolute atomic E-state index is 0.0602. The molecule has 0 aliphatic rings. The molecule has 3 heteroatoms. The topological polar surface area (TPSA) is 35.5 Å². The number of Topliss-reactive ketones (excluding diaryl/α,β-unsaturated/α-hetero) is 1. The molecule has 162 valence electrons. The first-order valence-electron chi connectivity index (χ1n) is 11.1. The highest BCUT2D eigenvalue weighted by Crippen LogP contribution is 2.26. The van der Waals surface area contributed by atoms with Crippen LogP contribution < -0.4 is 9.47 Å². The van der Waals surface area contributed by atoms with E-state index in [1.165, 1.54) is 0 Å². The van der Waals surface area contributed by atoms with Crippen LogP contribution in [-0.4, -0.2) is 11.9 Å². The molecule has 0 saturated heterocycles. The molecule has 0 saturated carbocycles. The lowest BCUT2D eigenvalue weighted by molar-refractivity contribution is 0.0990. The summed E-state index contributed by atoms with van der Waals surface area (Å²) < 4.78 is 12.2. The maximum atomic E-state index is 13.1. The van der Waals surface area contributed by atoms with E-state index in [2.05, 4.69) is 13.8 Å². The number of rotatable bonds is 10. The molecule has 3 aromatic carbocycles. The molecule has 3 rings (SSSR count). The van der Waals surface area contributed by atoms with Gasteiger partial charge in [-0.15, -0.1) is 0 Å². The van der Waals surface area contributed by atoms with Gasteiger partial charge in [0.1, 0.15) is 18.1 Å². The van der Waals surface area contributed by atoms with E-state index >= 15 is 0 Å². The Morgan fingerprint density at radius 3 is 2.35 bits per heavy atom. The van der Waals surface area contributed by atoms with E-state index < -0.39 is 0 Å². The number of carbonyl (C=O) groups excluding carboxylic acids is 1. The SMILES string of the molecule is CCc1ccc(C(=O)Cc2ccc(C)cc2OC(C)CC)cc1OCc1ccccc1. The fourth-order valence-electron chi connectivity index (χ4n) is 3.38. The standard InChI is InChI=1S/C28H32O3/c1-5-21(4)31-28-16-20(3)12-13-25(28)17-26(29)24-15-14-23(6-2)27(18-24)30-19-22-10-8-7-9-11-22/h7-16,18,21H,5-6,17,19H2,1-4H3. The summed E-state index contributed by atoms with van der Waals surface area (Å²) in [5.74, 6) is 1.63. The highest BCUT2D eigenvalue weighted by atomic mass is 16.5. The molecule has 31 heavy (non-hydrogen) atoms. The van der Waals surface area contributed by atoms with Crippen molar-refractivity contribution in [3.8, 4) is 11.5 Å². The molecule has 0 aliphatic heterocycles. The number of benzene rings is 3. The monoisotopic (exact) mass is 416 g/mol. The van der Waals surface area contributed by atoms with Crippen molar-refractivity contribution in [2.45, 2.75) is 59.7 Å². The summed E-state index contributed by atoms with van der Waals surface area (Å²) in [5.41, 5.74) is 4.91. The summed E-state index contributed by atoms with van der Waals surface area (Å²) in [5, 5.41) is 0. The highest BCUT2D eigenvalue weighted by Gasteiger charge is 2.15. The Morgan fingerprint density at radius 2 is 1.65 bits per heavy atom. The molecule has 0 fully saturated rings. The molecule has 0 aromatic heterocycles. The lowest BCUT2D eigenvalue weighted by Crippen LogP contribution is -2.13. The predicted octanol–water partition coefficient (Wildman–Crippen LogP) is 6.74. The van der Waals surface area contributed by atoms with Crippen LogP contribution in [0.4, 0.5) is 0 Å². The molecule has 0 spiro atoms. The molecular weight excluding hydrogens is 384 g/mol. The third-order valence-corrected chi connectivity index (χ3v) is 5.48. The first kappa shape index (κ1) is 22.6. The first-order chi connectivity index (χ1) is 15.0. The number of ketones is 1. The highest BCUT2D eigenvalue weighted by molar-refractivity contribution is 5.98. The van der Waals surface area contributed by atoms with Crippen molar-refractivity contribution in [3.63, 3.8) is 0 Å². The third kappa shape index (κ3) is 6.21. The van der Waals surface area contributed by atoms with Gasteiger partial charge in [0, 0.05) is 17.5 Å². The normalized spacial score (nSPS) is 11.7. The van der Waals surface area contributed by atoms with Crippen molar-refractivity contribution in [1.29, 1.82) is 0 Å². The molecule has 1 unspecified atom stereocenters. The predicted molar refractivity (Wildman–Crippen MR) is 126 cm³/mol. The molecule has 0 N–H and O–H groups in total. The number of hydrogen-bond donors (Lipinski definition) is 0. The van der Waals surface area contributed by atoms with Crippen molar-refractivity contribution in [1.82, 2.24) is 0 Å². The molecule has 0 radical (unpaired) electrons. The van der Waals surface area contributed by atoms with Gasteiger partial charge in [0.25, 0.3) is 0 Å². The van der Waals surface area contributed by atoms with Crippen LogP contribution in [0.3, 0.4) is 0 Å². The molecule has 0 bridgehead atoms. The van der Waals surface area contributed by atoms with Gasteiger partial charge in [0.2, 0.25) is 0 Å². The maximum absolute atomic E-state index is 13.1. The van der Waals surface area contributed by atoms with Crippen LogP contribution in [0.5, 0.6) is 11.5 Å². The zero-order chi connectivity index (χ0) is 22.2. The van der Waals surface area contributed by atoms with E-state index in [0.29, 0.717) is 18.6 Å². The van der Waals surface area contributed by atoms with Crippen LogP contribution in [-0.2, 0) is 19.4 Å². The maximum Gasteiger partial charge on any atom is 0.167 e. The average molecular weight is 417 g/mol. The third-order valence-electron chi connectivity index (χ3n) is 5.48. The summed E-state index contributed by atoms with van der Waals surface area (Å²) in [7, 11) is 0.